The molecule has 5 N–H and O–H groups in total. The maximum atomic E-state index is 12.6. The van der Waals surface area contributed by atoms with Gasteiger partial charge in [0.25, 0.3) is 5.91 Å². The molecule has 10 nitrogen and oxygen atoms in total. The van der Waals surface area contributed by atoms with Crippen LogP contribution in [0.5, 0.6) is 0 Å². The van der Waals surface area contributed by atoms with Gasteiger partial charge in [-0.1, -0.05) is 11.8 Å². The van der Waals surface area contributed by atoms with Gasteiger partial charge in [0.05, 0.1) is 18.4 Å². The molecule has 2 aromatic heterocycles. The molecule has 0 saturated carbocycles. The van der Waals surface area contributed by atoms with E-state index in [1.54, 1.807) is 0 Å². The first-order valence-corrected chi connectivity index (χ1v) is 10.3. The summed E-state index contributed by atoms with van der Waals surface area (Å²) in [6.07, 6.45) is 3.71. The van der Waals surface area contributed by atoms with Gasteiger partial charge in [-0.3, -0.25) is 19.0 Å². The van der Waals surface area contributed by atoms with Crippen LogP contribution in [0.2, 0.25) is 0 Å². The maximum absolute atomic E-state index is 12.6. The maximum Gasteiger partial charge on any atom is 0.316 e. The lowest BCUT2D eigenvalue weighted by molar-refractivity contribution is -0.137. The summed E-state index contributed by atoms with van der Waals surface area (Å²) in [7, 11) is 1.28. The highest BCUT2D eigenvalue weighted by atomic mass is 32.2. The molecule has 0 radical (unpaired) electrons. The minimum atomic E-state index is -0.548. The van der Waals surface area contributed by atoms with Gasteiger partial charge in [0.2, 0.25) is 11.9 Å². The van der Waals surface area contributed by atoms with Crippen molar-refractivity contribution in [3.05, 3.63) is 16.0 Å². The average Bonchev–Trinajstić information content (AvgIpc) is 3.20. The first-order valence-electron chi connectivity index (χ1n) is 8.53. The molecule has 0 aliphatic heterocycles. The summed E-state index contributed by atoms with van der Waals surface area (Å²) in [5.41, 5.74) is 12.7. The number of methoxy groups -OCH3 is 1. The first-order chi connectivity index (χ1) is 13.4. The summed E-state index contributed by atoms with van der Waals surface area (Å²) in [6, 6.07) is 0. The number of esters is 1. The molecular weight excluding hydrogens is 404 g/mol. The molecule has 2 heterocycles. The molecule has 2 amide bonds. The van der Waals surface area contributed by atoms with E-state index in [-0.39, 0.29) is 18.2 Å². The zero-order chi connectivity index (χ0) is 20.3. The molecule has 12 heteroatoms. The van der Waals surface area contributed by atoms with Crippen molar-refractivity contribution >= 4 is 51.8 Å². The van der Waals surface area contributed by atoms with E-state index in [9.17, 15) is 14.4 Å². The highest BCUT2D eigenvalue weighted by molar-refractivity contribution is 7.99. The van der Waals surface area contributed by atoms with Gasteiger partial charge in [-0.25, -0.2) is 0 Å². The number of amides is 2. The smallest absolute Gasteiger partial charge is 0.316 e. The summed E-state index contributed by atoms with van der Waals surface area (Å²) < 4.78 is 5.97. The minimum absolute atomic E-state index is 0.0136. The van der Waals surface area contributed by atoms with E-state index in [0.717, 1.165) is 47.9 Å². The largest absolute Gasteiger partial charge is 0.468 e. The Balaban J connectivity index is 1.75. The molecule has 0 saturated heterocycles. The number of hydrogen-bond acceptors (Lipinski definition) is 9. The number of nitrogens with one attached hydrogen (secondary N) is 1. The number of carbonyl (C=O) groups is 3. The van der Waals surface area contributed by atoms with E-state index in [1.165, 1.54) is 23.0 Å². The van der Waals surface area contributed by atoms with E-state index in [4.69, 9.17) is 11.5 Å². The Bertz CT molecular complexity index is 923. The third-order valence-corrected chi connectivity index (χ3v) is 6.41. The van der Waals surface area contributed by atoms with Crippen molar-refractivity contribution in [1.82, 2.24) is 14.8 Å². The summed E-state index contributed by atoms with van der Waals surface area (Å²) in [6.45, 7) is -0.164. The normalized spacial score (nSPS) is 13.0. The van der Waals surface area contributed by atoms with Gasteiger partial charge in [-0.15, -0.1) is 21.5 Å². The van der Waals surface area contributed by atoms with E-state index in [2.05, 4.69) is 20.3 Å². The third kappa shape index (κ3) is 4.28. The standard InChI is InChI=1S/C16H20N6O4S2/c1-26-11(24)7-27-16-21-20-15(18)22(16)6-10(23)19-14-12(13(17)25)8-4-2-3-5-9(8)28-14/h2-7H2,1H3,(H2,17,25)(H2,18,20)(H,19,23). The van der Waals surface area contributed by atoms with Gasteiger partial charge in [-0.05, 0) is 31.2 Å². The van der Waals surface area contributed by atoms with Gasteiger partial charge < -0.3 is 21.5 Å². The van der Waals surface area contributed by atoms with Crippen LogP contribution in [0.1, 0.15) is 33.6 Å². The molecule has 150 valence electrons. The van der Waals surface area contributed by atoms with Crippen molar-refractivity contribution in [2.45, 2.75) is 37.4 Å². The summed E-state index contributed by atoms with van der Waals surface area (Å²) in [5.74, 6) is -1.32. The number of rotatable bonds is 7. The lowest BCUT2D eigenvalue weighted by atomic mass is 9.95. The number of fused-ring (bicyclic) bond motifs is 1. The van der Waals surface area contributed by atoms with Crippen LogP contribution >= 0.6 is 23.1 Å². The number of thioether (sulfide) groups is 1. The summed E-state index contributed by atoms with van der Waals surface area (Å²) >= 11 is 2.45. The molecule has 1 aliphatic carbocycles. The van der Waals surface area contributed by atoms with E-state index in [0.29, 0.717) is 15.7 Å². The average molecular weight is 425 g/mol. The minimum Gasteiger partial charge on any atom is -0.468 e. The second-order valence-corrected chi connectivity index (χ2v) is 8.17. The Morgan fingerprint density at radius 1 is 1.29 bits per heavy atom. The second kappa shape index (κ2) is 8.61. The van der Waals surface area contributed by atoms with Crippen molar-refractivity contribution in [1.29, 1.82) is 0 Å². The van der Waals surface area contributed by atoms with Crippen LogP contribution in [0, 0.1) is 0 Å². The van der Waals surface area contributed by atoms with Gasteiger partial charge in [0.1, 0.15) is 11.5 Å². The van der Waals surface area contributed by atoms with Crippen LogP contribution < -0.4 is 16.8 Å². The quantitative estimate of drug-likeness (QED) is 0.435. The van der Waals surface area contributed by atoms with Crippen LogP contribution in [-0.4, -0.2) is 45.4 Å². The number of aromatic nitrogens is 3. The highest BCUT2D eigenvalue weighted by Crippen LogP contribution is 2.37. The van der Waals surface area contributed by atoms with Crippen molar-refractivity contribution in [3.63, 3.8) is 0 Å². The zero-order valence-electron chi connectivity index (χ0n) is 15.2. The number of nitrogens with zero attached hydrogens (tertiary/aromatic N) is 3. The van der Waals surface area contributed by atoms with Crippen molar-refractivity contribution < 1.29 is 19.1 Å². The topological polar surface area (TPSA) is 155 Å². The van der Waals surface area contributed by atoms with E-state index in [1.807, 2.05) is 0 Å². The van der Waals surface area contributed by atoms with Gasteiger partial charge >= 0.3 is 5.97 Å². The Morgan fingerprint density at radius 3 is 2.75 bits per heavy atom. The van der Waals surface area contributed by atoms with Crippen molar-refractivity contribution in [2.24, 2.45) is 5.73 Å². The molecule has 0 atom stereocenters. The van der Waals surface area contributed by atoms with E-state index >= 15 is 0 Å². The lowest BCUT2D eigenvalue weighted by Crippen LogP contribution is -2.22. The van der Waals surface area contributed by atoms with E-state index < -0.39 is 17.8 Å². The van der Waals surface area contributed by atoms with Gasteiger partial charge in [0, 0.05) is 4.88 Å². The molecule has 0 aromatic carbocycles. The van der Waals surface area contributed by atoms with Gasteiger partial charge in [0.15, 0.2) is 5.16 Å². The molecule has 0 fully saturated rings. The second-order valence-electron chi connectivity index (χ2n) is 6.12. The molecule has 3 rings (SSSR count). The number of ether oxygens (including phenoxy) is 1. The monoisotopic (exact) mass is 424 g/mol. The van der Waals surface area contributed by atoms with Gasteiger partial charge in [-0.2, -0.15) is 0 Å². The lowest BCUT2D eigenvalue weighted by Gasteiger charge is -2.11. The first kappa shape index (κ1) is 20.1. The SMILES string of the molecule is COC(=O)CSc1nnc(N)n1CC(=O)Nc1sc2c(c1C(N)=O)CCCC2. The highest BCUT2D eigenvalue weighted by Gasteiger charge is 2.25. The fraction of sp³-hybridized carbons (Fsp3) is 0.438. The van der Waals surface area contributed by atoms with Crippen LogP contribution in [0.4, 0.5) is 10.9 Å². The van der Waals surface area contributed by atoms with Crippen molar-refractivity contribution in [3.8, 4) is 0 Å². The van der Waals surface area contributed by atoms with Crippen LogP contribution in [0.15, 0.2) is 5.16 Å². The molecule has 0 spiro atoms. The molecule has 1 aliphatic rings. The fourth-order valence-electron chi connectivity index (χ4n) is 2.96. The number of thiophene rings is 1. The number of carbonyl (C=O) groups excluding carboxylic acids is 3. The molecule has 0 unspecified atom stereocenters. The zero-order valence-corrected chi connectivity index (χ0v) is 16.8. The third-order valence-electron chi connectivity index (χ3n) is 4.26. The summed E-state index contributed by atoms with van der Waals surface area (Å²) in [5, 5.41) is 11.2. The number of nitrogen functional groups attached to an aromatic ring is 1. The number of primary amides is 1. The molecular formula is C16H20N6O4S2. The Morgan fingerprint density at radius 2 is 2.04 bits per heavy atom. The molecule has 2 aromatic rings. The Labute approximate surface area is 169 Å². The van der Waals surface area contributed by atoms with Crippen LogP contribution in [0.25, 0.3) is 0 Å². The predicted octanol–water partition coefficient (Wildman–Crippen LogP) is 0.803. The number of hydrogen-bond donors (Lipinski definition) is 3. The van der Waals surface area contributed by atoms with Crippen molar-refractivity contribution in [2.75, 3.05) is 23.9 Å². The molecule has 0 bridgehead atoms. The number of anilines is 2. The van der Waals surface area contributed by atoms with Crippen LogP contribution in [0.3, 0.4) is 0 Å². The number of nitrogens with two attached hydrogens (primary N) is 2. The van der Waals surface area contributed by atoms with Crippen LogP contribution in [-0.2, 0) is 33.7 Å². The molecule has 28 heavy (non-hydrogen) atoms. The number of aryl methyl sites for hydroxylation is 1. The Hall–Kier alpha value is -2.60. The Kier molecular flexibility index (Phi) is 6.19. The summed E-state index contributed by atoms with van der Waals surface area (Å²) in [4.78, 5) is 36.9. The predicted molar refractivity (Wildman–Crippen MR) is 105 cm³/mol. The fourth-order valence-corrected chi connectivity index (χ4v) is 5.05.